The molecule has 0 heterocycles. The lowest BCUT2D eigenvalue weighted by molar-refractivity contribution is 0.102. The van der Waals surface area contributed by atoms with E-state index in [9.17, 15) is 9.90 Å². The summed E-state index contributed by atoms with van der Waals surface area (Å²) in [6.07, 6.45) is 1.05. The van der Waals surface area contributed by atoms with Crippen LogP contribution in [0.4, 0.5) is 5.69 Å². The summed E-state index contributed by atoms with van der Waals surface area (Å²) in [4.78, 5) is 12.9. The molecular formula is C28H27NO3. The highest BCUT2D eigenvalue weighted by molar-refractivity contribution is 6.10. The molecule has 162 valence electrons. The number of anilines is 1. The summed E-state index contributed by atoms with van der Waals surface area (Å²) in [6, 6.07) is 26.2. The number of fused-ring (bicyclic) bond motifs is 1. The molecule has 0 spiro atoms. The quantitative estimate of drug-likeness (QED) is 0.341. The van der Waals surface area contributed by atoms with Gasteiger partial charge in [0.25, 0.3) is 5.91 Å². The van der Waals surface area contributed by atoms with E-state index in [1.807, 2.05) is 48.5 Å². The molecule has 0 fully saturated rings. The fraction of sp³-hybridized carbons (Fsp3) is 0.179. The summed E-state index contributed by atoms with van der Waals surface area (Å²) in [5, 5.41) is 15.0. The molecule has 0 saturated carbocycles. The lowest BCUT2D eigenvalue weighted by Gasteiger charge is -2.23. The fourth-order valence-corrected chi connectivity index (χ4v) is 3.59. The Morgan fingerprint density at radius 2 is 1.59 bits per heavy atom. The lowest BCUT2D eigenvalue weighted by atomic mass is 9.82. The van der Waals surface area contributed by atoms with Crippen LogP contribution >= 0.6 is 0 Å². The number of phenolic OH excluding ortho intramolecular Hbond substituents is 1. The van der Waals surface area contributed by atoms with Gasteiger partial charge in [-0.1, -0.05) is 75.4 Å². The molecule has 0 atom stereocenters. The Kier molecular flexibility index (Phi) is 5.87. The van der Waals surface area contributed by atoms with Gasteiger partial charge in [0.05, 0.1) is 11.3 Å². The highest BCUT2D eigenvalue weighted by Crippen LogP contribution is 2.34. The minimum absolute atomic E-state index is 0.0341. The number of carbonyl (C=O) groups excluding carboxylic acids is 1. The summed E-state index contributed by atoms with van der Waals surface area (Å²) >= 11 is 0. The van der Waals surface area contributed by atoms with E-state index in [0.29, 0.717) is 22.6 Å². The van der Waals surface area contributed by atoms with Crippen LogP contribution in [-0.4, -0.2) is 11.0 Å². The SMILES string of the molecule is CCC(C)(C)c1ccc(Oc2ccccc2NC(=O)c2ccc3ccccc3c2O)cc1. The predicted molar refractivity (Wildman–Crippen MR) is 130 cm³/mol. The zero-order valence-corrected chi connectivity index (χ0v) is 18.6. The molecule has 2 N–H and O–H groups in total. The summed E-state index contributed by atoms with van der Waals surface area (Å²) in [5.41, 5.74) is 2.10. The molecule has 0 radical (unpaired) electrons. The van der Waals surface area contributed by atoms with E-state index in [1.54, 1.807) is 24.3 Å². The monoisotopic (exact) mass is 425 g/mol. The summed E-state index contributed by atoms with van der Waals surface area (Å²) in [6.45, 7) is 6.61. The van der Waals surface area contributed by atoms with Crippen LogP contribution in [0, 0.1) is 0 Å². The molecule has 4 aromatic carbocycles. The van der Waals surface area contributed by atoms with Gasteiger partial charge in [0.1, 0.15) is 11.5 Å². The van der Waals surface area contributed by atoms with E-state index >= 15 is 0 Å². The molecule has 0 aromatic heterocycles. The van der Waals surface area contributed by atoms with Crippen molar-refractivity contribution in [2.45, 2.75) is 32.6 Å². The number of phenols is 1. The average molecular weight is 426 g/mol. The number of para-hydroxylation sites is 2. The Morgan fingerprint density at radius 3 is 2.34 bits per heavy atom. The third kappa shape index (κ3) is 4.30. The molecule has 0 aliphatic carbocycles. The second-order valence-electron chi connectivity index (χ2n) is 8.50. The van der Waals surface area contributed by atoms with Crippen molar-refractivity contribution in [1.29, 1.82) is 0 Å². The summed E-state index contributed by atoms with van der Waals surface area (Å²) in [5.74, 6) is 0.789. The van der Waals surface area contributed by atoms with Crippen molar-refractivity contribution in [3.05, 3.63) is 96.1 Å². The van der Waals surface area contributed by atoms with Crippen molar-refractivity contribution in [1.82, 2.24) is 0 Å². The van der Waals surface area contributed by atoms with E-state index in [4.69, 9.17) is 4.74 Å². The molecule has 1 amide bonds. The molecule has 0 unspecified atom stereocenters. The van der Waals surface area contributed by atoms with Gasteiger partial charge in [0, 0.05) is 5.39 Å². The molecule has 32 heavy (non-hydrogen) atoms. The third-order valence-electron chi connectivity index (χ3n) is 6.03. The number of rotatable bonds is 6. The Hall–Kier alpha value is -3.79. The molecule has 4 rings (SSSR count). The summed E-state index contributed by atoms with van der Waals surface area (Å²) in [7, 11) is 0. The first-order valence-electron chi connectivity index (χ1n) is 10.8. The Balaban J connectivity index is 1.57. The molecule has 0 aliphatic heterocycles. The number of hydrogen-bond acceptors (Lipinski definition) is 3. The van der Waals surface area contributed by atoms with Crippen LogP contribution < -0.4 is 10.1 Å². The van der Waals surface area contributed by atoms with Crippen molar-refractivity contribution in [3.8, 4) is 17.2 Å². The Bertz CT molecular complexity index is 1260. The average Bonchev–Trinajstić information content (AvgIpc) is 2.81. The van der Waals surface area contributed by atoms with Crippen LogP contribution in [-0.2, 0) is 5.41 Å². The number of benzene rings is 4. The van der Waals surface area contributed by atoms with Crippen molar-refractivity contribution in [3.63, 3.8) is 0 Å². The highest BCUT2D eigenvalue weighted by Gasteiger charge is 2.18. The van der Waals surface area contributed by atoms with Gasteiger partial charge in [-0.05, 0) is 53.1 Å². The Morgan fingerprint density at radius 1 is 0.906 bits per heavy atom. The molecule has 0 bridgehead atoms. The smallest absolute Gasteiger partial charge is 0.259 e. The number of ether oxygens (including phenoxy) is 1. The van der Waals surface area contributed by atoms with Crippen molar-refractivity contribution in [2.24, 2.45) is 0 Å². The van der Waals surface area contributed by atoms with Gasteiger partial charge in [-0.15, -0.1) is 0 Å². The van der Waals surface area contributed by atoms with Crippen LogP contribution in [0.25, 0.3) is 10.8 Å². The standard InChI is InChI=1S/C28H27NO3/c1-4-28(2,3)20-14-16-21(17-15-20)32-25-12-8-7-11-24(25)29-27(31)23-18-13-19-9-5-6-10-22(19)26(23)30/h5-18,30H,4H2,1-3H3,(H,29,31). The minimum Gasteiger partial charge on any atom is -0.506 e. The zero-order chi connectivity index (χ0) is 22.7. The van der Waals surface area contributed by atoms with Crippen LogP contribution in [0.15, 0.2) is 84.9 Å². The first-order valence-corrected chi connectivity index (χ1v) is 10.8. The topological polar surface area (TPSA) is 58.6 Å². The number of hydrogen-bond donors (Lipinski definition) is 2. The molecule has 4 heteroatoms. The van der Waals surface area contributed by atoms with Crippen molar-refractivity contribution < 1.29 is 14.6 Å². The van der Waals surface area contributed by atoms with E-state index in [-0.39, 0.29) is 16.7 Å². The minimum atomic E-state index is -0.399. The van der Waals surface area contributed by atoms with Gasteiger partial charge < -0.3 is 15.2 Å². The molecule has 0 saturated heterocycles. The first-order chi connectivity index (χ1) is 15.4. The molecule has 0 aliphatic rings. The van der Waals surface area contributed by atoms with E-state index in [2.05, 4.69) is 38.2 Å². The normalized spacial score (nSPS) is 11.3. The van der Waals surface area contributed by atoms with Crippen LogP contribution in [0.3, 0.4) is 0 Å². The summed E-state index contributed by atoms with van der Waals surface area (Å²) < 4.78 is 6.07. The zero-order valence-electron chi connectivity index (χ0n) is 18.6. The second kappa shape index (κ2) is 8.75. The van der Waals surface area contributed by atoms with Gasteiger partial charge in [-0.2, -0.15) is 0 Å². The number of carbonyl (C=O) groups is 1. The number of aromatic hydroxyl groups is 1. The maximum Gasteiger partial charge on any atom is 0.259 e. The molecule has 4 nitrogen and oxygen atoms in total. The van der Waals surface area contributed by atoms with Gasteiger partial charge in [0.15, 0.2) is 5.75 Å². The van der Waals surface area contributed by atoms with Gasteiger partial charge >= 0.3 is 0 Å². The largest absolute Gasteiger partial charge is 0.506 e. The third-order valence-corrected chi connectivity index (χ3v) is 6.03. The van der Waals surface area contributed by atoms with E-state index in [1.165, 1.54) is 5.56 Å². The first kappa shape index (κ1) is 21.4. The van der Waals surface area contributed by atoms with E-state index in [0.717, 1.165) is 11.8 Å². The van der Waals surface area contributed by atoms with Crippen LogP contribution in [0.5, 0.6) is 17.2 Å². The number of nitrogens with one attached hydrogen (secondary N) is 1. The highest BCUT2D eigenvalue weighted by atomic mass is 16.5. The Labute approximate surface area is 188 Å². The predicted octanol–water partition coefficient (Wildman–Crippen LogP) is 7.28. The second-order valence-corrected chi connectivity index (χ2v) is 8.50. The maximum absolute atomic E-state index is 12.9. The number of amides is 1. The van der Waals surface area contributed by atoms with E-state index < -0.39 is 5.91 Å². The molecule has 4 aromatic rings. The van der Waals surface area contributed by atoms with Gasteiger partial charge in [-0.25, -0.2) is 0 Å². The van der Waals surface area contributed by atoms with Crippen molar-refractivity contribution in [2.75, 3.05) is 5.32 Å². The van der Waals surface area contributed by atoms with Crippen LogP contribution in [0.2, 0.25) is 0 Å². The lowest BCUT2D eigenvalue weighted by Crippen LogP contribution is -2.15. The molecular weight excluding hydrogens is 398 g/mol. The van der Waals surface area contributed by atoms with Gasteiger partial charge in [-0.3, -0.25) is 4.79 Å². The maximum atomic E-state index is 12.9. The fourth-order valence-electron chi connectivity index (χ4n) is 3.59. The van der Waals surface area contributed by atoms with Crippen LogP contribution in [0.1, 0.15) is 43.1 Å². The van der Waals surface area contributed by atoms with Crippen molar-refractivity contribution >= 4 is 22.4 Å². The van der Waals surface area contributed by atoms with Gasteiger partial charge in [0.2, 0.25) is 0 Å².